The van der Waals surface area contributed by atoms with Crippen LogP contribution in [0.25, 0.3) is 0 Å². The molecule has 6 heteroatoms. The van der Waals surface area contributed by atoms with Crippen LogP contribution in [0.15, 0.2) is 12.1 Å². The van der Waals surface area contributed by atoms with Gasteiger partial charge in [0.1, 0.15) is 0 Å². The monoisotopic (exact) mass is 238 g/mol. The molecule has 0 aliphatic rings. The van der Waals surface area contributed by atoms with Gasteiger partial charge in [-0.3, -0.25) is 4.79 Å². The predicted molar refractivity (Wildman–Crippen MR) is 65.0 cm³/mol. The lowest BCUT2D eigenvalue weighted by molar-refractivity contribution is 0.0821. The van der Waals surface area contributed by atoms with Gasteiger partial charge < -0.3 is 14.9 Å². The fourth-order valence-electron chi connectivity index (χ4n) is 1.36. The highest BCUT2D eigenvalue weighted by atomic mass is 16.3. The molecule has 1 rings (SSSR count). The van der Waals surface area contributed by atoms with Gasteiger partial charge in [0, 0.05) is 27.7 Å². The molecule has 0 aliphatic carbocycles. The second-order valence-electron chi connectivity index (χ2n) is 4.21. The summed E-state index contributed by atoms with van der Waals surface area (Å²) >= 11 is 0. The lowest BCUT2D eigenvalue weighted by Gasteiger charge is -2.19. The Balaban J connectivity index is 2.77. The molecular formula is C11H18N4O2. The number of amides is 1. The van der Waals surface area contributed by atoms with Crippen LogP contribution >= 0.6 is 0 Å². The van der Waals surface area contributed by atoms with E-state index in [0.717, 1.165) is 0 Å². The standard InChI is InChI=1S/C11H18N4O2/c1-8(16)7-15(4)10-6-5-9(12-13-10)11(17)14(2)3/h5-6,8,16H,7H2,1-4H3. The Hall–Kier alpha value is -1.69. The van der Waals surface area contributed by atoms with Crippen molar-refractivity contribution in [2.45, 2.75) is 13.0 Å². The molecule has 1 unspecified atom stereocenters. The highest BCUT2D eigenvalue weighted by Crippen LogP contribution is 2.08. The molecule has 0 saturated carbocycles. The molecule has 0 bridgehead atoms. The second-order valence-corrected chi connectivity index (χ2v) is 4.21. The molecule has 1 heterocycles. The molecule has 0 radical (unpaired) electrons. The molecule has 1 aromatic rings. The fraction of sp³-hybridized carbons (Fsp3) is 0.545. The minimum absolute atomic E-state index is 0.178. The number of rotatable bonds is 4. The molecule has 0 aliphatic heterocycles. The summed E-state index contributed by atoms with van der Waals surface area (Å²) in [6.45, 7) is 2.17. The molecule has 0 saturated heterocycles. The van der Waals surface area contributed by atoms with Crippen LogP contribution in [0.5, 0.6) is 0 Å². The van der Waals surface area contributed by atoms with Gasteiger partial charge in [0.25, 0.3) is 5.91 Å². The molecule has 1 N–H and O–H groups in total. The van der Waals surface area contributed by atoms with Crippen molar-refractivity contribution in [2.75, 3.05) is 32.6 Å². The van der Waals surface area contributed by atoms with Gasteiger partial charge in [0.2, 0.25) is 0 Å². The van der Waals surface area contributed by atoms with E-state index in [9.17, 15) is 9.90 Å². The minimum atomic E-state index is -0.440. The SMILES string of the molecule is CC(O)CN(C)c1ccc(C(=O)N(C)C)nn1. The lowest BCUT2D eigenvalue weighted by atomic mass is 10.3. The molecular weight excluding hydrogens is 220 g/mol. The quantitative estimate of drug-likeness (QED) is 0.799. The van der Waals surface area contributed by atoms with Crippen molar-refractivity contribution < 1.29 is 9.90 Å². The molecule has 17 heavy (non-hydrogen) atoms. The van der Waals surface area contributed by atoms with Gasteiger partial charge in [0.15, 0.2) is 11.5 Å². The first-order valence-corrected chi connectivity index (χ1v) is 5.36. The smallest absolute Gasteiger partial charge is 0.273 e. The van der Waals surface area contributed by atoms with E-state index >= 15 is 0 Å². The zero-order valence-electron chi connectivity index (χ0n) is 10.6. The van der Waals surface area contributed by atoms with Gasteiger partial charge in [-0.15, -0.1) is 10.2 Å². The maximum atomic E-state index is 11.6. The summed E-state index contributed by atoms with van der Waals surface area (Å²) < 4.78 is 0. The third-order valence-electron chi connectivity index (χ3n) is 2.20. The predicted octanol–water partition coefficient (Wildman–Crippen LogP) is -0.00460. The molecule has 0 fully saturated rings. The number of anilines is 1. The van der Waals surface area contributed by atoms with Crippen LogP contribution in [0, 0.1) is 0 Å². The Bertz CT molecular complexity index is 376. The van der Waals surface area contributed by atoms with Crippen LogP contribution in [0.1, 0.15) is 17.4 Å². The number of aliphatic hydroxyl groups is 1. The first-order valence-electron chi connectivity index (χ1n) is 5.36. The van der Waals surface area contributed by atoms with E-state index in [2.05, 4.69) is 10.2 Å². The summed E-state index contributed by atoms with van der Waals surface area (Å²) in [7, 11) is 5.14. The summed E-state index contributed by atoms with van der Waals surface area (Å²) in [6, 6.07) is 3.34. The number of nitrogens with zero attached hydrogens (tertiary/aromatic N) is 4. The van der Waals surface area contributed by atoms with Crippen molar-refractivity contribution in [3.05, 3.63) is 17.8 Å². The van der Waals surface area contributed by atoms with E-state index in [1.807, 2.05) is 7.05 Å². The van der Waals surface area contributed by atoms with Crippen molar-refractivity contribution in [3.63, 3.8) is 0 Å². The Morgan fingerprint density at radius 1 is 1.35 bits per heavy atom. The third-order valence-corrected chi connectivity index (χ3v) is 2.20. The van der Waals surface area contributed by atoms with Crippen molar-refractivity contribution in [2.24, 2.45) is 0 Å². The van der Waals surface area contributed by atoms with Crippen LogP contribution in [-0.4, -0.2) is 59.9 Å². The normalized spacial score (nSPS) is 12.1. The van der Waals surface area contributed by atoms with Gasteiger partial charge in [-0.1, -0.05) is 0 Å². The van der Waals surface area contributed by atoms with Crippen LogP contribution in [0.4, 0.5) is 5.82 Å². The summed E-state index contributed by atoms with van der Waals surface area (Å²) in [4.78, 5) is 14.8. The van der Waals surface area contributed by atoms with Gasteiger partial charge in [-0.05, 0) is 19.1 Å². The zero-order chi connectivity index (χ0) is 13.0. The molecule has 1 amide bonds. The maximum Gasteiger partial charge on any atom is 0.273 e. The van der Waals surface area contributed by atoms with Crippen molar-refractivity contribution in [1.29, 1.82) is 0 Å². The number of carbonyl (C=O) groups is 1. The largest absolute Gasteiger partial charge is 0.392 e. The number of hydrogen-bond donors (Lipinski definition) is 1. The Morgan fingerprint density at radius 2 is 2.00 bits per heavy atom. The summed E-state index contributed by atoms with van der Waals surface area (Å²) in [5.41, 5.74) is 0.309. The number of carbonyl (C=O) groups excluding carboxylic acids is 1. The Labute approximate surface area is 101 Å². The van der Waals surface area contributed by atoms with E-state index in [1.54, 1.807) is 38.1 Å². The third kappa shape index (κ3) is 3.67. The van der Waals surface area contributed by atoms with Gasteiger partial charge >= 0.3 is 0 Å². The average Bonchev–Trinajstić information content (AvgIpc) is 2.27. The van der Waals surface area contributed by atoms with Crippen LogP contribution in [-0.2, 0) is 0 Å². The van der Waals surface area contributed by atoms with Crippen LogP contribution < -0.4 is 4.90 Å². The molecule has 94 valence electrons. The molecule has 6 nitrogen and oxygen atoms in total. The summed E-state index contributed by atoms with van der Waals surface area (Å²) in [6.07, 6.45) is -0.440. The fourth-order valence-corrected chi connectivity index (χ4v) is 1.36. The second kappa shape index (κ2) is 5.58. The van der Waals surface area contributed by atoms with Crippen molar-refractivity contribution in [3.8, 4) is 0 Å². The highest BCUT2D eigenvalue weighted by Gasteiger charge is 2.11. The zero-order valence-corrected chi connectivity index (χ0v) is 10.6. The molecule has 1 aromatic heterocycles. The van der Waals surface area contributed by atoms with E-state index in [-0.39, 0.29) is 5.91 Å². The van der Waals surface area contributed by atoms with E-state index in [0.29, 0.717) is 18.1 Å². The highest BCUT2D eigenvalue weighted by molar-refractivity contribution is 5.91. The topological polar surface area (TPSA) is 69.6 Å². The van der Waals surface area contributed by atoms with Crippen LogP contribution in [0.2, 0.25) is 0 Å². The van der Waals surface area contributed by atoms with Crippen LogP contribution in [0.3, 0.4) is 0 Å². The molecule has 0 aromatic carbocycles. The molecule has 0 spiro atoms. The number of likely N-dealkylation sites (N-methyl/N-ethyl adjacent to an activating group) is 1. The minimum Gasteiger partial charge on any atom is -0.392 e. The van der Waals surface area contributed by atoms with E-state index < -0.39 is 6.10 Å². The Morgan fingerprint density at radius 3 is 2.41 bits per heavy atom. The Kier molecular flexibility index (Phi) is 4.39. The first kappa shape index (κ1) is 13.4. The average molecular weight is 238 g/mol. The summed E-state index contributed by atoms with van der Waals surface area (Å²) in [5.74, 6) is 0.448. The van der Waals surface area contributed by atoms with Gasteiger partial charge in [-0.25, -0.2) is 0 Å². The lowest BCUT2D eigenvalue weighted by Crippen LogP contribution is -2.28. The number of hydrogen-bond acceptors (Lipinski definition) is 5. The number of aromatic nitrogens is 2. The summed E-state index contributed by atoms with van der Waals surface area (Å²) in [5, 5.41) is 17.1. The molecule has 1 atom stereocenters. The van der Waals surface area contributed by atoms with E-state index in [1.165, 1.54) is 4.90 Å². The van der Waals surface area contributed by atoms with Crippen molar-refractivity contribution in [1.82, 2.24) is 15.1 Å². The maximum absolute atomic E-state index is 11.6. The number of aliphatic hydroxyl groups excluding tert-OH is 1. The van der Waals surface area contributed by atoms with E-state index in [4.69, 9.17) is 0 Å². The van der Waals surface area contributed by atoms with Crippen molar-refractivity contribution >= 4 is 11.7 Å². The van der Waals surface area contributed by atoms with Gasteiger partial charge in [0.05, 0.1) is 6.10 Å². The van der Waals surface area contributed by atoms with Gasteiger partial charge in [-0.2, -0.15) is 0 Å². The first-order chi connectivity index (χ1) is 7.91.